The Labute approximate surface area is 146 Å². The van der Waals surface area contributed by atoms with Gasteiger partial charge in [-0.1, -0.05) is 18.2 Å². The predicted molar refractivity (Wildman–Crippen MR) is 95.0 cm³/mol. The van der Waals surface area contributed by atoms with Crippen LogP contribution in [0.25, 0.3) is 0 Å². The molecular formula is C18H20N4O3. The van der Waals surface area contributed by atoms with E-state index in [4.69, 9.17) is 4.74 Å². The molecule has 1 aromatic carbocycles. The molecule has 1 atom stereocenters. The fraction of sp³-hybridized carbons (Fsp3) is 0.278. The van der Waals surface area contributed by atoms with Gasteiger partial charge in [-0.25, -0.2) is 9.78 Å². The molecule has 7 nitrogen and oxygen atoms in total. The first-order valence-electron chi connectivity index (χ1n) is 8.00. The number of rotatable bonds is 5. The Morgan fingerprint density at radius 2 is 2.04 bits per heavy atom. The fourth-order valence-electron chi connectivity index (χ4n) is 2.68. The van der Waals surface area contributed by atoms with Crippen molar-refractivity contribution in [1.29, 1.82) is 0 Å². The molecule has 0 saturated carbocycles. The van der Waals surface area contributed by atoms with Crippen LogP contribution in [0.5, 0.6) is 0 Å². The van der Waals surface area contributed by atoms with Crippen LogP contribution < -0.4 is 15.1 Å². The first kappa shape index (κ1) is 16.8. The number of ether oxygens (including phenoxy) is 1. The van der Waals surface area contributed by atoms with E-state index < -0.39 is 12.2 Å². The van der Waals surface area contributed by atoms with Crippen molar-refractivity contribution in [3.63, 3.8) is 0 Å². The number of pyridine rings is 1. The summed E-state index contributed by atoms with van der Waals surface area (Å²) in [6, 6.07) is 12.7. The van der Waals surface area contributed by atoms with E-state index in [9.17, 15) is 9.59 Å². The largest absolute Gasteiger partial charge is 0.442 e. The number of cyclic esters (lactones) is 1. The smallest absolute Gasteiger partial charge is 0.414 e. The zero-order chi connectivity index (χ0) is 17.8. The van der Waals surface area contributed by atoms with Gasteiger partial charge in [-0.3, -0.25) is 9.69 Å². The monoisotopic (exact) mass is 340 g/mol. The van der Waals surface area contributed by atoms with E-state index in [1.54, 1.807) is 28.1 Å². The van der Waals surface area contributed by atoms with Gasteiger partial charge in [-0.05, 0) is 24.3 Å². The van der Waals surface area contributed by atoms with Crippen molar-refractivity contribution in [2.75, 3.05) is 37.0 Å². The van der Waals surface area contributed by atoms with Crippen LogP contribution in [0.2, 0.25) is 0 Å². The van der Waals surface area contributed by atoms with Crippen LogP contribution in [0, 0.1) is 0 Å². The van der Waals surface area contributed by atoms with E-state index in [0.717, 1.165) is 5.69 Å². The molecule has 2 aromatic rings. The van der Waals surface area contributed by atoms with Gasteiger partial charge in [0, 0.05) is 26.0 Å². The summed E-state index contributed by atoms with van der Waals surface area (Å²) < 4.78 is 5.34. The molecular weight excluding hydrogens is 320 g/mol. The molecule has 1 aliphatic heterocycles. The number of para-hydroxylation sites is 1. The van der Waals surface area contributed by atoms with Gasteiger partial charge in [0.25, 0.3) is 5.91 Å². The summed E-state index contributed by atoms with van der Waals surface area (Å²) in [5.74, 6) is 0.348. The molecule has 0 aliphatic carbocycles. The minimum absolute atomic E-state index is 0.244. The maximum atomic E-state index is 12.4. The molecule has 1 aliphatic rings. The quantitative estimate of drug-likeness (QED) is 0.900. The Morgan fingerprint density at radius 3 is 2.76 bits per heavy atom. The molecule has 25 heavy (non-hydrogen) atoms. The lowest BCUT2D eigenvalue weighted by atomic mass is 10.2. The molecule has 130 valence electrons. The third-order valence-corrected chi connectivity index (χ3v) is 3.89. The molecule has 1 unspecified atom stereocenters. The van der Waals surface area contributed by atoms with Gasteiger partial charge in [0.2, 0.25) is 0 Å². The third-order valence-electron chi connectivity index (χ3n) is 3.89. The number of carbonyl (C=O) groups is 2. The fourth-order valence-corrected chi connectivity index (χ4v) is 2.68. The topological polar surface area (TPSA) is 74.8 Å². The zero-order valence-corrected chi connectivity index (χ0v) is 14.2. The van der Waals surface area contributed by atoms with Crippen molar-refractivity contribution in [3.05, 3.63) is 54.2 Å². The summed E-state index contributed by atoms with van der Waals surface area (Å²) >= 11 is 0. The number of nitrogens with zero attached hydrogens (tertiary/aromatic N) is 3. The summed E-state index contributed by atoms with van der Waals surface area (Å²) in [5.41, 5.74) is 1.26. The summed E-state index contributed by atoms with van der Waals surface area (Å²) in [6.07, 6.45) is 0.847. The second kappa shape index (κ2) is 7.21. The van der Waals surface area contributed by atoms with E-state index >= 15 is 0 Å². The number of nitrogens with one attached hydrogen (secondary N) is 1. The van der Waals surface area contributed by atoms with Crippen LogP contribution in [0.1, 0.15) is 10.4 Å². The molecule has 2 heterocycles. The molecule has 1 saturated heterocycles. The highest BCUT2D eigenvalue weighted by molar-refractivity contribution is 5.99. The van der Waals surface area contributed by atoms with Crippen LogP contribution >= 0.6 is 0 Å². The maximum absolute atomic E-state index is 12.4. The lowest BCUT2D eigenvalue weighted by Crippen LogP contribution is -2.35. The van der Waals surface area contributed by atoms with Gasteiger partial charge in [0.1, 0.15) is 11.9 Å². The Bertz CT molecular complexity index is 764. The molecule has 1 N–H and O–H groups in total. The highest BCUT2D eigenvalue weighted by Gasteiger charge is 2.32. The number of carbonyl (C=O) groups excluding carboxylic acids is 2. The minimum atomic E-state index is -0.402. The van der Waals surface area contributed by atoms with E-state index in [1.165, 1.54) is 0 Å². The van der Waals surface area contributed by atoms with Crippen molar-refractivity contribution in [3.8, 4) is 0 Å². The molecule has 0 bridgehead atoms. The van der Waals surface area contributed by atoms with Crippen LogP contribution in [-0.2, 0) is 4.74 Å². The van der Waals surface area contributed by atoms with Crippen molar-refractivity contribution in [2.45, 2.75) is 6.10 Å². The first-order chi connectivity index (χ1) is 12.1. The van der Waals surface area contributed by atoms with Gasteiger partial charge >= 0.3 is 6.09 Å². The van der Waals surface area contributed by atoms with Crippen molar-refractivity contribution in [1.82, 2.24) is 10.3 Å². The average molecular weight is 340 g/mol. The molecule has 1 aromatic heterocycles. The van der Waals surface area contributed by atoms with Crippen molar-refractivity contribution < 1.29 is 14.3 Å². The summed E-state index contributed by atoms with van der Waals surface area (Å²) in [5, 5.41) is 2.82. The zero-order valence-electron chi connectivity index (χ0n) is 14.2. The van der Waals surface area contributed by atoms with Crippen molar-refractivity contribution >= 4 is 23.5 Å². The Kier molecular flexibility index (Phi) is 4.83. The average Bonchev–Trinajstić information content (AvgIpc) is 3.01. The lowest BCUT2D eigenvalue weighted by Gasteiger charge is -2.16. The van der Waals surface area contributed by atoms with Crippen LogP contribution in [0.15, 0.2) is 48.7 Å². The predicted octanol–water partition coefficient (Wildman–Crippen LogP) is 1.90. The highest BCUT2D eigenvalue weighted by atomic mass is 16.6. The summed E-state index contributed by atoms with van der Waals surface area (Å²) in [7, 11) is 3.66. The number of hydrogen-bond acceptors (Lipinski definition) is 5. The van der Waals surface area contributed by atoms with Crippen LogP contribution in [0.3, 0.4) is 0 Å². The van der Waals surface area contributed by atoms with E-state index in [1.807, 2.05) is 44.4 Å². The summed E-state index contributed by atoms with van der Waals surface area (Å²) in [4.78, 5) is 32.0. The SMILES string of the molecule is CN(C)c1ncccc1C(=O)NCC1CN(c2ccccc2)C(=O)O1. The minimum Gasteiger partial charge on any atom is -0.442 e. The number of anilines is 2. The number of hydrogen-bond donors (Lipinski definition) is 1. The third kappa shape index (κ3) is 3.71. The standard InChI is InChI=1S/C18H20N4O3/c1-21(2)16-15(9-6-10-19-16)17(23)20-11-14-12-22(18(24)25-14)13-7-4-3-5-8-13/h3-10,14H,11-12H2,1-2H3,(H,20,23). The van der Waals surface area contributed by atoms with E-state index in [2.05, 4.69) is 10.3 Å². The second-order valence-electron chi connectivity index (χ2n) is 5.93. The van der Waals surface area contributed by atoms with Gasteiger partial charge in [-0.2, -0.15) is 0 Å². The van der Waals surface area contributed by atoms with Gasteiger partial charge in [-0.15, -0.1) is 0 Å². The summed E-state index contributed by atoms with van der Waals surface area (Å²) in [6.45, 7) is 0.645. The lowest BCUT2D eigenvalue weighted by molar-refractivity contribution is 0.0916. The number of amides is 2. The Balaban J connectivity index is 1.61. The maximum Gasteiger partial charge on any atom is 0.414 e. The molecule has 0 radical (unpaired) electrons. The number of benzene rings is 1. The second-order valence-corrected chi connectivity index (χ2v) is 5.93. The Morgan fingerprint density at radius 1 is 1.28 bits per heavy atom. The van der Waals surface area contributed by atoms with Gasteiger partial charge in [0.15, 0.2) is 0 Å². The normalized spacial score (nSPS) is 16.5. The number of aromatic nitrogens is 1. The molecule has 0 spiro atoms. The van der Waals surface area contributed by atoms with Crippen LogP contribution in [0.4, 0.5) is 16.3 Å². The highest BCUT2D eigenvalue weighted by Crippen LogP contribution is 2.21. The van der Waals surface area contributed by atoms with Crippen LogP contribution in [-0.4, -0.2) is 50.3 Å². The van der Waals surface area contributed by atoms with Crippen molar-refractivity contribution in [2.24, 2.45) is 0 Å². The molecule has 1 fully saturated rings. The first-order valence-corrected chi connectivity index (χ1v) is 8.00. The van der Waals surface area contributed by atoms with Gasteiger partial charge < -0.3 is 15.0 Å². The molecule has 2 amide bonds. The molecule has 3 rings (SSSR count). The van der Waals surface area contributed by atoms with Gasteiger partial charge in [0.05, 0.1) is 18.7 Å². The molecule has 7 heteroatoms. The Hall–Kier alpha value is -3.09. The van der Waals surface area contributed by atoms with E-state index in [-0.39, 0.29) is 12.5 Å². The van der Waals surface area contributed by atoms with E-state index in [0.29, 0.717) is 17.9 Å².